The normalized spacial score (nSPS) is 19.5. The van der Waals surface area contributed by atoms with Gasteiger partial charge in [0.15, 0.2) is 0 Å². The molecule has 0 spiro atoms. The molecule has 0 saturated carbocycles. The quantitative estimate of drug-likeness (QED) is 0.751. The van der Waals surface area contributed by atoms with Crippen LogP contribution in [0.25, 0.3) is 0 Å². The van der Waals surface area contributed by atoms with Crippen molar-refractivity contribution in [2.45, 2.75) is 31.2 Å². The first-order valence-corrected chi connectivity index (χ1v) is 10.0. The lowest BCUT2D eigenvalue weighted by molar-refractivity contribution is -0.124. The van der Waals surface area contributed by atoms with Gasteiger partial charge in [-0.2, -0.15) is 0 Å². The molecule has 1 aromatic carbocycles. The van der Waals surface area contributed by atoms with E-state index >= 15 is 0 Å². The van der Waals surface area contributed by atoms with Gasteiger partial charge >= 0.3 is 0 Å². The third-order valence-corrected chi connectivity index (χ3v) is 5.95. The summed E-state index contributed by atoms with van der Waals surface area (Å²) in [7, 11) is 0. The van der Waals surface area contributed by atoms with Crippen molar-refractivity contribution in [2.24, 2.45) is 0 Å². The Morgan fingerprint density at radius 2 is 2.15 bits per heavy atom. The van der Waals surface area contributed by atoms with E-state index < -0.39 is 6.04 Å². The topological polar surface area (TPSA) is 62.6 Å². The SMILES string of the molecule is CCCCNC(=O)C1CSC(c2ccoc2)N1C(=O)c1ccccc1Cl. The summed E-state index contributed by atoms with van der Waals surface area (Å²) < 4.78 is 5.18. The molecule has 1 fully saturated rings. The number of halogens is 1. The Morgan fingerprint density at radius 1 is 1.35 bits per heavy atom. The van der Waals surface area contributed by atoms with Crippen LogP contribution in [0.15, 0.2) is 47.3 Å². The fourth-order valence-corrected chi connectivity index (χ4v) is 4.53. The molecule has 1 aliphatic rings. The Balaban J connectivity index is 1.88. The van der Waals surface area contributed by atoms with Gasteiger partial charge in [-0.05, 0) is 24.6 Å². The van der Waals surface area contributed by atoms with E-state index in [1.54, 1.807) is 53.5 Å². The fourth-order valence-electron chi connectivity index (χ4n) is 2.91. The molecule has 0 bridgehead atoms. The van der Waals surface area contributed by atoms with Gasteiger partial charge in [-0.25, -0.2) is 0 Å². The van der Waals surface area contributed by atoms with Gasteiger partial charge < -0.3 is 14.6 Å². The molecule has 3 rings (SSSR count). The summed E-state index contributed by atoms with van der Waals surface area (Å²) in [4.78, 5) is 27.6. The summed E-state index contributed by atoms with van der Waals surface area (Å²) in [6.45, 7) is 2.68. The van der Waals surface area contributed by atoms with E-state index in [1.165, 1.54) is 0 Å². The number of unbranched alkanes of at least 4 members (excludes halogenated alkanes) is 1. The van der Waals surface area contributed by atoms with E-state index in [0.29, 0.717) is 22.9 Å². The van der Waals surface area contributed by atoms with Gasteiger partial charge in [0.25, 0.3) is 5.91 Å². The molecule has 2 heterocycles. The highest BCUT2D eigenvalue weighted by molar-refractivity contribution is 7.99. The summed E-state index contributed by atoms with van der Waals surface area (Å²) >= 11 is 7.78. The summed E-state index contributed by atoms with van der Waals surface area (Å²) in [5.74, 6) is 0.157. The largest absolute Gasteiger partial charge is 0.472 e. The van der Waals surface area contributed by atoms with Gasteiger partial charge in [-0.1, -0.05) is 37.1 Å². The predicted molar refractivity (Wildman–Crippen MR) is 103 cm³/mol. The third-order valence-electron chi connectivity index (χ3n) is 4.30. The molecule has 138 valence electrons. The molecule has 26 heavy (non-hydrogen) atoms. The second kappa shape index (κ2) is 8.64. The number of rotatable bonds is 6. The first-order valence-electron chi connectivity index (χ1n) is 8.62. The summed E-state index contributed by atoms with van der Waals surface area (Å²) in [5.41, 5.74) is 1.26. The minimum Gasteiger partial charge on any atom is -0.472 e. The van der Waals surface area contributed by atoms with Gasteiger partial charge in [-0.15, -0.1) is 11.8 Å². The van der Waals surface area contributed by atoms with Gasteiger partial charge in [0.05, 0.1) is 23.1 Å². The van der Waals surface area contributed by atoms with E-state index in [-0.39, 0.29) is 17.2 Å². The maximum atomic E-state index is 13.2. The fraction of sp³-hybridized carbons (Fsp3) is 0.368. The third kappa shape index (κ3) is 3.91. The van der Waals surface area contributed by atoms with Gasteiger partial charge in [0.2, 0.25) is 5.91 Å². The van der Waals surface area contributed by atoms with E-state index in [9.17, 15) is 9.59 Å². The number of amides is 2. The van der Waals surface area contributed by atoms with Crippen LogP contribution in [0, 0.1) is 0 Å². The molecule has 1 saturated heterocycles. The summed E-state index contributed by atoms with van der Waals surface area (Å²) in [5, 5.41) is 3.04. The van der Waals surface area contributed by atoms with Crippen LogP contribution in [0.3, 0.4) is 0 Å². The van der Waals surface area contributed by atoms with Crippen molar-refractivity contribution >= 4 is 35.2 Å². The molecule has 1 aromatic heterocycles. The number of hydrogen-bond acceptors (Lipinski definition) is 4. The monoisotopic (exact) mass is 392 g/mol. The molecule has 2 aromatic rings. The molecule has 0 radical (unpaired) electrons. The van der Waals surface area contributed by atoms with Crippen LogP contribution in [-0.4, -0.2) is 35.1 Å². The standard InChI is InChI=1S/C19H21ClN2O3S/c1-2-3-9-21-17(23)16-12-26-19(13-8-10-25-11-13)22(16)18(24)14-6-4-5-7-15(14)20/h4-8,10-11,16,19H,2-3,9,12H2,1H3,(H,21,23). The molecule has 1 aliphatic heterocycles. The zero-order chi connectivity index (χ0) is 18.5. The number of benzene rings is 1. The number of carbonyl (C=O) groups is 2. The Morgan fingerprint density at radius 3 is 2.85 bits per heavy atom. The van der Waals surface area contributed by atoms with E-state index in [2.05, 4.69) is 12.2 Å². The van der Waals surface area contributed by atoms with Crippen molar-refractivity contribution < 1.29 is 14.0 Å². The number of nitrogens with zero attached hydrogens (tertiary/aromatic N) is 1. The van der Waals surface area contributed by atoms with Crippen LogP contribution in [0.2, 0.25) is 5.02 Å². The molecular weight excluding hydrogens is 372 g/mol. The highest BCUT2D eigenvalue weighted by atomic mass is 35.5. The second-order valence-corrected chi connectivity index (χ2v) is 7.62. The van der Waals surface area contributed by atoms with Crippen molar-refractivity contribution in [3.63, 3.8) is 0 Å². The van der Waals surface area contributed by atoms with Crippen LogP contribution < -0.4 is 5.32 Å². The van der Waals surface area contributed by atoms with Crippen molar-refractivity contribution in [1.29, 1.82) is 0 Å². The van der Waals surface area contributed by atoms with Crippen molar-refractivity contribution in [3.05, 3.63) is 59.0 Å². The Labute approximate surface area is 162 Å². The number of nitrogens with one attached hydrogen (secondary N) is 1. The molecule has 2 unspecified atom stereocenters. The Hall–Kier alpha value is -1.92. The van der Waals surface area contributed by atoms with Crippen LogP contribution in [0.1, 0.15) is 41.1 Å². The molecule has 0 aliphatic carbocycles. The second-order valence-electron chi connectivity index (χ2n) is 6.10. The van der Waals surface area contributed by atoms with E-state index in [0.717, 1.165) is 18.4 Å². The lowest BCUT2D eigenvalue weighted by atomic mass is 10.1. The highest BCUT2D eigenvalue weighted by Crippen LogP contribution is 2.42. The first-order chi connectivity index (χ1) is 12.6. The van der Waals surface area contributed by atoms with Crippen LogP contribution in [0.5, 0.6) is 0 Å². The average Bonchev–Trinajstić information content (AvgIpc) is 3.31. The molecule has 7 heteroatoms. The van der Waals surface area contributed by atoms with E-state index in [4.69, 9.17) is 16.0 Å². The lowest BCUT2D eigenvalue weighted by Gasteiger charge is -2.28. The zero-order valence-corrected chi connectivity index (χ0v) is 16.1. The highest BCUT2D eigenvalue weighted by Gasteiger charge is 2.43. The van der Waals surface area contributed by atoms with E-state index in [1.807, 2.05) is 6.07 Å². The van der Waals surface area contributed by atoms with Gasteiger partial charge in [-0.3, -0.25) is 9.59 Å². The molecule has 2 amide bonds. The maximum absolute atomic E-state index is 13.2. The minimum absolute atomic E-state index is 0.127. The van der Waals surface area contributed by atoms with Crippen LogP contribution >= 0.6 is 23.4 Å². The predicted octanol–water partition coefficient (Wildman–Crippen LogP) is 4.11. The van der Waals surface area contributed by atoms with Crippen molar-refractivity contribution in [3.8, 4) is 0 Å². The van der Waals surface area contributed by atoms with Crippen molar-refractivity contribution in [2.75, 3.05) is 12.3 Å². The maximum Gasteiger partial charge on any atom is 0.257 e. The van der Waals surface area contributed by atoms with Gasteiger partial charge in [0, 0.05) is 17.9 Å². The van der Waals surface area contributed by atoms with Crippen LogP contribution in [0.4, 0.5) is 0 Å². The zero-order valence-electron chi connectivity index (χ0n) is 14.5. The molecule has 2 atom stereocenters. The molecule has 1 N–H and O–H groups in total. The smallest absolute Gasteiger partial charge is 0.257 e. The number of thioether (sulfide) groups is 1. The summed E-state index contributed by atoms with van der Waals surface area (Å²) in [6.07, 6.45) is 5.10. The average molecular weight is 393 g/mol. The Kier molecular flexibility index (Phi) is 6.27. The summed E-state index contributed by atoms with van der Waals surface area (Å²) in [6, 6.07) is 8.20. The molecular formula is C19H21ClN2O3S. The van der Waals surface area contributed by atoms with Crippen molar-refractivity contribution in [1.82, 2.24) is 10.2 Å². The van der Waals surface area contributed by atoms with Gasteiger partial charge in [0.1, 0.15) is 11.4 Å². The Bertz CT molecular complexity index is 766. The molecule has 5 nitrogen and oxygen atoms in total. The van der Waals surface area contributed by atoms with Crippen LogP contribution in [-0.2, 0) is 4.79 Å². The number of hydrogen-bond donors (Lipinski definition) is 1. The number of furan rings is 1. The first kappa shape index (κ1) is 18.9. The number of carbonyl (C=O) groups excluding carboxylic acids is 2. The minimum atomic E-state index is -0.541. The lowest BCUT2D eigenvalue weighted by Crippen LogP contribution is -2.48.